The van der Waals surface area contributed by atoms with Crippen LogP contribution in [0.4, 0.5) is 0 Å². The van der Waals surface area contributed by atoms with Gasteiger partial charge in [0.2, 0.25) is 0 Å². The number of unbranched alkanes of at least 4 members (excludes halogenated alkanes) is 1. The molecule has 0 fully saturated rings. The molecule has 0 aliphatic heterocycles. The Morgan fingerprint density at radius 1 is 1.26 bits per heavy atom. The number of nitrogens with one attached hydrogen (secondary N) is 1. The summed E-state index contributed by atoms with van der Waals surface area (Å²) in [5.41, 5.74) is 2.39. The third-order valence-corrected chi connectivity index (χ3v) is 3.85. The van der Waals surface area contributed by atoms with Gasteiger partial charge >= 0.3 is 0 Å². The van der Waals surface area contributed by atoms with Crippen molar-refractivity contribution >= 4 is 35.0 Å². The SMILES string of the molecule is CCCCNCc1cc(C(C)(C)C)cc(I)c1O.Cl. The highest BCUT2D eigenvalue weighted by Gasteiger charge is 2.17. The summed E-state index contributed by atoms with van der Waals surface area (Å²) in [7, 11) is 0. The van der Waals surface area contributed by atoms with Gasteiger partial charge in [-0.1, -0.05) is 40.2 Å². The van der Waals surface area contributed by atoms with E-state index in [0.717, 1.165) is 22.2 Å². The fourth-order valence-electron chi connectivity index (χ4n) is 1.75. The minimum Gasteiger partial charge on any atom is -0.507 e. The third-order valence-electron chi connectivity index (χ3n) is 3.03. The van der Waals surface area contributed by atoms with Crippen molar-refractivity contribution in [3.8, 4) is 5.75 Å². The first-order valence-electron chi connectivity index (χ1n) is 6.59. The maximum atomic E-state index is 10.1. The summed E-state index contributed by atoms with van der Waals surface area (Å²) in [6.07, 6.45) is 2.37. The Morgan fingerprint density at radius 2 is 1.89 bits per heavy atom. The topological polar surface area (TPSA) is 32.3 Å². The second kappa shape index (κ2) is 8.32. The lowest BCUT2D eigenvalue weighted by Crippen LogP contribution is -2.17. The molecule has 2 N–H and O–H groups in total. The fraction of sp³-hybridized carbons (Fsp3) is 0.600. The molecule has 0 radical (unpaired) electrons. The molecular formula is C15H25ClINO. The van der Waals surface area contributed by atoms with Gasteiger partial charge in [-0.15, -0.1) is 12.4 Å². The fourth-order valence-corrected chi connectivity index (χ4v) is 2.43. The van der Waals surface area contributed by atoms with Crippen molar-refractivity contribution in [2.45, 2.75) is 52.5 Å². The molecule has 0 aliphatic rings. The van der Waals surface area contributed by atoms with E-state index in [1.807, 2.05) is 0 Å². The first-order chi connectivity index (χ1) is 8.36. The zero-order valence-corrected chi connectivity index (χ0v) is 15.2. The molecule has 4 heteroatoms. The van der Waals surface area contributed by atoms with Gasteiger partial charge in [0, 0.05) is 12.1 Å². The first kappa shape index (κ1) is 19.0. The average Bonchev–Trinajstić information content (AvgIpc) is 2.28. The molecule has 0 amide bonds. The van der Waals surface area contributed by atoms with Crippen molar-refractivity contribution in [2.24, 2.45) is 0 Å². The Kier molecular flexibility index (Phi) is 8.32. The largest absolute Gasteiger partial charge is 0.507 e. The molecule has 0 aromatic heterocycles. The molecule has 1 aromatic carbocycles. The second-order valence-corrected chi connectivity index (χ2v) is 6.91. The van der Waals surface area contributed by atoms with E-state index in [1.165, 1.54) is 18.4 Å². The van der Waals surface area contributed by atoms with E-state index in [2.05, 4.69) is 67.7 Å². The van der Waals surface area contributed by atoms with Gasteiger partial charge in [-0.2, -0.15) is 0 Å². The molecule has 1 aromatic rings. The summed E-state index contributed by atoms with van der Waals surface area (Å²) >= 11 is 2.21. The quantitative estimate of drug-likeness (QED) is 0.562. The number of phenolic OH excluding ortho intramolecular Hbond substituents is 1. The van der Waals surface area contributed by atoms with Gasteiger partial charge in [0.15, 0.2) is 0 Å². The standard InChI is InChI=1S/C15H24INO.ClH/c1-5-6-7-17-10-11-8-12(15(2,3)4)9-13(16)14(11)18;/h8-9,17-18H,5-7,10H2,1-4H3;1H. The Labute approximate surface area is 136 Å². The van der Waals surface area contributed by atoms with Crippen molar-refractivity contribution in [3.63, 3.8) is 0 Å². The lowest BCUT2D eigenvalue weighted by Gasteiger charge is -2.21. The summed E-state index contributed by atoms with van der Waals surface area (Å²) in [6, 6.07) is 4.20. The van der Waals surface area contributed by atoms with Crippen LogP contribution in [-0.2, 0) is 12.0 Å². The highest BCUT2D eigenvalue weighted by Crippen LogP contribution is 2.31. The van der Waals surface area contributed by atoms with Crippen LogP contribution in [-0.4, -0.2) is 11.7 Å². The molecule has 19 heavy (non-hydrogen) atoms. The van der Waals surface area contributed by atoms with E-state index >= 15 is 0 Å². The lowest BCUT2D eigenvalue weighted by molar-refractivity contribution is 0.458. The Bertz CT molecular complexity index is 402. The maximum Gasteiger partial charge on any atom is 0.133 e. The molecule has 0 saturated carbocycles. The number of halogens is 2. The maximum absolute atomic E-state index is 10.1. The lowest BCUT2D eigenvalue weighted by atomic mass is 9.86. The second-order valence-electron chi connectivity index (χ2n) is 5.75. The number of aromatic hydroxyl groups is 1. The highest BCUT2D eigenvalue weighted by atomic mass is 127. The van der Waals surface area contributed by atoms with Crippen molar-refractivity contribution in [1.82, 2.24) is 5.32 Å². The summed E-state index contributed by atoms with van der Waals surface area (Å²) in [5.74, 6) is 0.424. The van der Waals surface area contributed by atoms with E-state index in [1.54, 1.807) is 0 Å². The van der Waals surface area contributed by atoms with Gasteiger partial charge < -0.3 is 10.4 Å². The third kappa shape index (κ3) is 5.88. The molecular weight excluding hydrogens is 373 g/mol. The molecule has 0 saturated heterocycles. The first-order valence-corrected chi connectivity index (χ1v) is 7.66. The van der Waals surface area contributed by atoms with Crippen LogP contribution in [0.2, 0.25) is 0 Å². The summed E-state index contributed by atoms with van der Waals surface area (Å²) in [4.78, 5) is 0. The van der Waals surface area contributed by atoms with Gasteiger partial charge in [0.1, 0.15) is 5.75 Å². The predicted octanol–water partition coefficient (Wildman–Crippen LogP) is 4.61. The van der Waals surface area contributed by atoms with Crippen LogP contribution < -0.4 is 5.32 Å². The van der Waals surface area contributed by atoms with E-state index < -0.39 is 0 Å². The zero-order chi connectivity index (χ0) is 13.8. The minimum absolute atomic E-state index is 0. The van der Waals surface area contributed by atoms with E-state index in [4.69, 9.17) is 0 Å². The van der Waals surface area contributed by atoms with Gasteiger partial charge in [-0.3, -0.25) is 0 Å². The van der Waals surface area contributed by atoms with Crippen molar-refractivity contribution in [3.05, 3.63) is 26.8 Å². The molecule has 0 unspecified atom stereocenters. The van der Waals surface area contributed by atoms with E-state index in [9.17, 15) is 5.11 Å². The molecule has 2 nitrogen and oxygen atoms in total. The molecule has 0 heterocycles. The van der Waals surface area contributed by atoms with Crippen LogP contribution in [0, 0.1) is 3.57 Å². The zero-order valence-electron chi connectivity index (χ0n) is 12.2. The number of benzene rings is 1. The number of rotatable bonds is 5. The Balaban J connectivity index is 0.00000324. The van der Waals surface area contributed by atoms with Crippen LogP contribution in [0.5, 0.6) is 5.75 Å². The van der Waals surface area contributed by atoms with Crippen LogP contribution in [0.25, 0.3) is 0 Å². The van der Waals surface area contributed by atoms with Crippen LogP contribution >= 0.6 is 35.0 Å². The molecule has 0 atom stereocenters. The normalized spacial score (nSPS) is 11.2. The monoisotopic (exact) mass is 397 g/mol. The van der Waals surface area contributed by atoms with Crippen molar-refractivity contribution in [2.75, 3.05) is 6.54 Å². The minimum atomic E-state index is 0. The predicted molar refractivity (Wildman–Crippen MR) is 93.4 cm³/mol. The van der Waals surface area contributed by atoms with Crippen molar-refractivity contribution < 1.29 is 5.11 Å². The Morgan fingerprint density at radius 3 is 2.42 bits per heavy atom. The highest BCUT2D eigenvalue weighted by molar-refractivity contribution is 14.1. The summed E-state index contributed by atoms with van der Waals surface area (Å²) < 4.78 is 0.937. The Hall–Kier alpha value is -0.000000000000000111. The summed E-state index contributed by atoms with van der Waals surface area (Å²) in [6.45, 7) is 10.5. The smallest absolute Gasteiger partial charge is 0.133 e. The number of hydrogen-bond acceptors (Lipinski definition) is 2. The van der Waals surface area contributed by atoms with Crippen LogP contribution in [0.3, 0.4) is 0 Å². The number of hydrogen-bond donors (Lipinski definition) is 2. The van der Waals surface area contributed by atoms with Gasteiger partial charge in [0.25, 0.3) is 0 Å². The van der Waals surface area contributed by atoms with Crippen LogP contribution in [0.1, 0.15) is 51.7 Å². The molecule has 0 bridgehead atoms. The van der Waals surface area contributed by atoms with E-state index in [-0.39, 0.29) is 17.8 Å². The molecule has 0 aliphatic carbocycles. The average molecular weight is 398 g/mol. The molecule has 1 rings (SSSR count). The summed E-state index contributed by atoms with van der Waals surface area (Å²) in [5, 5.41) is 13.5. The molecule has 0 spiro atoms. The van der Waals surface area contributed by atoms with Gasteiger partial charge in [-0.25, -0.2) is 0 Å². The van der Waals surface area contributed by atoms with Crippen LogP contribution in [0.15, 0.2) is 12.1 Å². The van der Waals surface area contributed by atoms with E-state index in [0.29, 0.717) is 5.75 Å². The van der Waals surface area contributed by atoms with Crippen molar-refractivity contribution in [1.29, 1.82) is 0 Å². The number of phenols is 1. The van der Waals surface area contributed by atoms with Gasteiger partial charge in [-0.05, 0) is 52.6 Å². The molecule has 110 valence electrons. The van der Waals surface area contributed by atoms with Gasteiger partial charge in [0.05, 0.1) is 3.57 Å².